The molecule has 0 fully saturated rings. The van der Waals surface area contributed by atoms with Crippen LogP contribution in [0.2, 0.25) is 5.04 Å². The molecule has 0 amide bonds. The third kappa shape index (κ3) is 7.39. The highest BCUT2D eigenvalue weighted by molar-refractivity contribution is 6.99. The summed E-state index contributed by atoms with van der Waals surface area (Å²) in [7, 11) is -2.80. The van der Waals surface area contributed by atoms with Crippen LogP contribution in [0.3, 0.4) is 0 Å². The van der Waals surface area contributed by atoms with Gasteiger partial charge >= 0.3 is 0 Å². The van der Waals surface area contributed by atoms with Gasteiger partial charge in [0.05, 0.1) is 18.8 Å². The number of hydrogen-bond donors (Lipinski definition) is 0. The van der Waals surface area contributed by atoms with Crippen molar-refractivity contribution in [2.75, 3.05) is 6.61 Å². The van der Waals surface area contributed by atoms with E-state index in [0.717, 1.165) is 30.4 Å². The van der Waals surface area contributed by atoms with Crippen molar-refractivity contribution in [2.45, 2.75) is 104 Å². The number of carbonyl (C=O) groups excluding carboxylic acids is 1. The van der Waals surface area contributed by atoms with Gasteiger partial charge in [-0.05, 0) is 98.7 Å². The molecule has 4 nitrogen and oxygen atoms in total. The van der Waals surface area contributed by atoms with Crippen LogP contribution in [0, 0.1) is 5.92 Å². The maximum absolute atomic E-state index is 13.1. The van der Waals surface area contributed by atoms with E-state index in [1.165, 1.54) is 27.1 Å². The maximum Gasteiger partial charge on any atom is 0.261 e. The first-order chi connectivity index (χ1) is 21.8. The van der Waals surface area contributed by atoms with E-state index in [1.54, 1.807) is 0 Å². The first-order valence-electron chi connectivity index (χ1n) is 16.8. The molecule has 4 atom stereocenters. The van der Waals surface area contributed by atoms with Gasteiger partial charge in [0, 0.05) is 12.3 Å². The molecule has 2 heterocycles. The molecule has 0 unspecified atom stereocenters. The lowest BCUT2D eigenvalue weighted by Gasteiger charge is -2.47. The second kappa shape index (κ2) is 13.9. The Bertz CT molecular complexity index is 1510. The summed E-state index contributed by atoms with van der Waals surface area (Å²) < 4.78 is 21.1. The van der Waals surface area contributed by atoms with Gasteiger partial charge in [0.2, 0.25) is 5.79 Å². The van der Waals surface area contributed by atoms with Crippen LogP contribution in [0.1, 0.15) is 81.1 Å². The van der Waals surface area contributed by atoms with Crippen LogP contribution in [-0.2, 0) is 18.7 Å². The van der Waals surface area contributed by atoms with Crippen LogP contribution in [0.15, 0.2) is 119 Å². The predicted octanol–water partition coefficient (Wildman–Crippen LogP) is 8.55. The van der Waals surface area contributed by atoms with E-state index in [2.05, 4.69) is 133 Å². The Balaban J connectivity index is 1.55. The number of allylic oxidation sites excluding steroid dienone is 4. The zero-order chi connectivity index (χ0) is 33.1. The Morgan fingerprint density at radius 3 is 2.15 bits per heavy atom. The fraction of sp³-hybridized carbons (Fsp3) is 0.439. The zero-order valence-electron chi connectivity index (χ0n) is 29.1. The minimum absolute atomic E-state index is 0.0981. The second-order valence-electron chi connectivity index (χ2n) is 14.7. The quantitative estimate of drug-likeness (QED) is 0.204. The molecule has 1 aliphatic carbocycles. The Hall–Kier alpha value is -3.09. The summed E-state index contributed by atoms with van der Waals surface area (Å²) in [5, 5.41) is 2.32. The van der Waals surface area contributed by atoms with Crippen LogP contribution >= 0.6 is 0 Å². The minimum atomic E-state index is -2.80. The highest BCUT2D eigenvalue weighted by Gasteiger charge is 2.52. The molecule has 2 aromatic rings. The average molecular weight is 637 g/mol. The third-order valence-electron chi connectivity index (χ3n) is 9.58. The van der Waals surface area contributed by atoms with Crippen molar-refractivity contribution in [1.82, 2.24) is 0 Å². The molecule has 0 aromatic heterocycles. The molecule has 2 aromatic carbocycles. The van der Waals surface area contributed by atoms with E-state index in [0.29, 0.717) is 13.0 Å². The van der Waals surface area contributed by atoms with Crippen molar-refractivity contribution in [3.63, 3.8) is 0 Å². The van der Waals surface area contributed by atoms with E-state index in [9.17, 15) is 4.79 Å². The summed E-state index contributed by atoms with van der Waals surface area (Å²) in [5.41, 5.74) is 5.74. The highest BCUT2D eigenvalue weighted by Crippen LogP contribution is 2.44. The Labute approximate surface area is 278 Å². The van der Waals surface area contributed by atoms with Crippen molar-refractivity contribution in [3.05, 3.63) is 119 Å². The molecule has 0 saturated heterocycles. The van der Waals surface area contributed by atoms with Crippen LogP contribution in [-0.4, -0.2) is 38.7 Å². The summed E-state index contributed by atoms with van der Waals surface area (Å²) in [6, 6.07) is 21.5. The molecule has 5 rings (SSSR count). The summed E-state index contributed by atoms with van der Waals surface area (Å²) >= 11 is 0. The van der Waals surface area contributed by atoms with E-state index in [4.69, 9.17) is 13.9 Å². The predicted molar refractivity (Wildman–Crippen MR) is 192 cm³/mol. The number of hydrogen-bond acceptors (Lipinski definition) is 4. The van der Waals surface area contributed by atoms with Gasteiger partial charge in [0.1, 0.15) is 0 Å². The van der Waals surface area contributed by atoms with Crippen LogP contribution < -0.4 is 10.4 Å². The van der Waals surface area contributed by atoms with Crippen LogP contribution in [0.4, 0.5) is 0 Å². The highest BCUT2D eigenvalue weighted by atomic mass is 28.4. The molecule has 2 aliphatic heterocycles. The Kier molecular flexibility index (Phi) is 10.4. The number of carbonyl (C=O) groups is 1. The second-order valence-corrected chi connectivity index (χ2v) is 19.0. The standard InChI is InChI=1S/C41H52O4Si/c1-29(2)16-15-17-30(3)22-34-23-31(4)26-41(44-34)27-33(37-25-38(42)32(5)24-39(37)45-41)28-43-46(40(6,7)8,35-18-11-9-12-19-35)36-20-13-10-14-21-36/h9-14,16,18-22,24,26-27,34,37,39H,15,17,23,25,28H2,1-8H3/b30-22+/t34-,37-,39-,41+/m1/s1. The van der Waals surface area contributed by atoms with Gasteiger partial charge in [-0.3, -0.25) is 4.79 Å². The fourth-order valence-electron chi connectivity index (χ4n) is 7.36. The van der Waals surface area contributed by atoms with Crippen molar-refractivity contribution in [2.24, 2.45) is 5.92 Å². The molecule has 46 heavy (non-hydrogen) atoms. The first kappa shape index (κ1) is 34.2. The van der Waals surface area contributed by atoms with E-state index < -0.39 is 14.1 Å². The normalized spacial score (nSPS) is 25.4. The van der Waals surface area contributed by atoms with Crippen molar-refractivity contribution < 1.29 is 18.7 Å². The Morgan fingerprint density at radius 1 is 0.935 bits per heavy atom. The minimum Gasteiger partial charge on any atom is -0.403 e. The molecule has 244 valence electrons. The summed E-state index contributed by atoms with van der Waals surface area (Å²) in [5.74, 6) is -0.952. The largest absolute Gasteiger partial charge is 0.403 e. The van der Waals surface area contributed by atoms with Gasteiger partial charge in [-0.1, -0.05) is 110 Å². The monoisotopic (exact) mass is 636 g/mol. The van der Waals surface area contributed by atoms with Gasteiger partial charge in [-0.15, -0.1) is 0 Å². The van der Waals surface area contributed by atoms with E-state index in [1.807, 2.05) is 13.0 Å². The first-order valence-corrected chi connectivity index (χ1v) is 18.8. The average Bonchev–Trinajstić information content (AvgIpc) is 2.98. The molecular formula is C41H52O4Si. The maximum atomic E-state index is 13.1. The van der Waals surface area contributed by atoms with Crippen LogP contribution in [0.25, 0.3) is 0 Å². The van der Waals surface area contributed by atoms with Gasteiger partial charge < -0.3 is 13.9 Å². The van der Waals surface area contributed by atoms with Crippen LogP contribution in [0.5, 0.6) is 0 Å². The van der Waals surface area contributed by atoms with Crippen molar-refractivity contribution in [1.29, 1.82) is 0 Å². The number of ketones is 1. The fourth-order valence-corrected chi connectivity index (χ4v) is 11.9. The summed E-state index contributed by atoms with van der Waals surface area (Å²) in [6.07, 6.45) is 13.7. The summed E-state index contributed by atoms with van der Waals surface area (Å²) in [6.45, 7) is 17.8. The third-order valence-corrected chi connectivity index (χ3v) is 14.6. The van der Waals surface area contributed by atoms with Gasteiger partial charge in [-0.2, -0.15) is 0 Å². The van der Waals surface area contributed by atoms with Crippen molar-refractivity contribution in [3.8, 4) is 0 Å². The molecule has 0 radical (unpaired) electrons. The van der Waals surface area contributed by atoms with E-state index >= 15 is 0 Å². The molecule has 1 spiro atoms. The lowest BCUT2D eigenvalue weighted by Crippen LogP contribution is -2.67. The van der Waals surface area contributed by atoms with Gasteiger partial charge in [0.15, 0.2) is 5.78 Å². The molecular weight excluding hydrogens is 585 g/mol. The number of benzene rings is 2. The Morgan fingerprint density at radius 2 is 1.57 bits per heavy atom. The topological polar surface area (TPSA) is 44.8 Å². The lowest BCUT2D eigenvalue weighted by molar-refractivity contribution is -0.224. The SMILES string of the molecule is CC(C)=CCC/C(C)=C/[C@@H]1CC(C)=C[C@]2(C=C(CO[Si](c3ccccc3)(c3ccccc3)C(C)(C)C)[C@H]3CC(=O)C(C)=C[C@H]3O2)O1. The number of rotatable bonds is 9. The smallest absolute Gasteiger partial charge is 0.261 e. The molecule has 5 heteroatoms. The number of ether oxygens (including phenoxy) is 2. The summed E-state index contributed by atoms with van der Waals surface area (Å²) in [4.78, 5) is 13.1. The van der Waals surface area contributed by atoms with E-state index in [-0.39, 0.29) is 28.9 Å². The molecule has 3 aliphatic rings. The molecule has 0 N–H and O–H groups in total. The molecule has 0 saturated carbocycles. The van der Waals surface area contributed by atoms with Crippen molar-refractivity contribution >= 4 is 24.5 Å². The van der Waals surface area contributed by atoms with Gasteiger partial charge in [0.25, 0.3) is 8.32 Å². The number of fused-ring (bicyclic) bond motifs is 1. The number of Topliss-reactive ketones (excluding diaryl/α,β-unsaturated/α-hetero) is 1. The lowest BCUT2D eigenvalue weighted by atomic mass is 9.79. The zero-order valence-corrected chi connectivity index (χ0v) is 30.1. The van der Waals surface area contributed by atoms with Gasteiger partial charge in [-0.25, -0.2) is 0 Å². The molecule has 0 bridgehead atoms.